The molecule has 11 heteroatoms. The summed E-state index contributed by atoms with van der Waals surface area (Å²) in [5, 5.41) is 20.9. The second-order valence-electron chi connectivity index (χ2n) is 9.47. The van der Waals surface area contributed by atoms with Gasteiger partial charge >= 0.3 is 0 Å². The average Bonchev–Trinajstić information content (AvgIpc) is 3.63. The van der Waals surface area contributed by atoms with Crippen molar-refractivity contribution in [1.82, 2.24) is 40.1 Å². The molecule has 0 aliphatic heterocycles. The highest BCUT2D eigenvalue weighted by atomic mass is 19.1. The first-order valence-electron chi connectivity index (χ1n) is 12.9. The van der Waals surface area contributed by atoms with Crippen LogP contribution in [0.2, 0.25) is 0 Å². The van der Waals surface area contributed by atoms with Crippen LogP contribution >= 0.6 is 0 Å². The molecule has 0 amide bonds. The van der Waals surface area contributed by atoms with E-state index in [9.17, 15) is 5.11 Å². The second kappa shape index (κ2) is 10.2. The fraction of sp³-hybridized carbons (Fsp3) is 0.0667. The summed E-state index contributed by atoms with van der Waals surface area (Å²) in [6.45, 7) is 0. The topological polar surface area (TPSA) is 141 Å². The Labute approximate surface area is 232 Å². The molecule has 7 rings (SSSR count). The molecule has 6 heterocycles. The Hall–Kier alpha value is -5.55. The number of aliphatic hydroxyl groups excluding tert-OH is 1. The minimum absolute atomic E-state index is 0.197. The monoisotopic (exact) mass is 543 g/mol. The van der Waals surface area contributed by atoms with Gasteiger partial charge in [0.15, 0.2) is 11.5 Å². The molecule has 10 nitrogen and oxygen atoms in total. The summed E-state index contributed by atoms with van der Waals surface area (Å²) in [6, 6.07) is 16.9. The van der Waals surface area contributed by atoms with Crippen LogP contribution in [0.1, 0.15) is 5.56 Å². The summed E-state index contributed by atoms with van der Waals surface area (Å²) in [5.41, 5.74) is 5.77. The predicted octanol–water partition coefficient (Wildman–Crippen LogP) is 5.13. The zero-order valence-electron chi connectivity index (χ0n) is 21.5. The maximum atomic E-state index is 16.2. The van der Waals surface area contributed by atoms with Crippen molar-refractivity contribution < 1.29 is 9.50 Å². The zero-order valence-corrected chi connectivity index (χ0v) is 21.5. The third kappa shape index (κ3) is 4.64. The van der Waals surface area contributed by atoms with Gasteiger partial charge in [0.1, 0.15) is 23.3 Å². The largest absolute Gasteiger partial charge is 0.373 e. The van der Waals surface area contributed by atoms with Crippen LogP contribution in [-0.4, -0.2) is 51.4 Å². The molecule has 0 bridgehead atoms. The molecule has 0 spiro atoms. The summed E-state index contributed by atoms with van der Waals surface area (Å²) < 4.78 is 16.2. The number of pyridine rings is 4. The molecular weight excluding hydrogens is 521 g/mol. The minimum atomic E-state index is -0.847. The molecule has 0 aliphatic carbocycles. The van der Waals surface area contributed by atoms with Crippen molar-refractivity contribution in [3.63, 3.8) is 0 Å². The fourth-order valence-electron chi connectivity index (χ4n) is 4.85. The number of aromatic nitrogens is 8. The van der Waals surface area contributed by atoms with Crippen LogP contribution in [0.5, 0.6) is 0 Å². The van der Waals surface area contributed by atoms with Crippen LogP contribution in [0, 0.1) is 5.82 Å². The summed E-state index contributed by atoms with van der Waals surface area (Å²) in [6.07, 6.45) is 9.18. The van der Waals surface area contributed by atoms with Crippen molar-refractivity contribution in [1.29, 1.82) is 0 Å². The molecule has 1 atom stereocenters. The third-order valence-electron chi connectivity index (χ3n) is 6.77. The second-order valence-corrected chi connectivity index (χ2v) is 9.47. The fourth-order valence-corrected chi connectivity index (χ4v) is 4.85. The van der Waals surface area contributed by atoms with Gasteiger partial charge in [-0.2, -0.15) is 5.10 Å². The first kappa shape index (κ1) is 24.5. The quantitative estimate of drug-likeness (QED) is 0.203. The molecule has 4 N–H and O–H groups in total. The smallest absolute Gasteiger partial charge is 0.184 e. The zero-order chi connectivity index (χ0) is 27.8. The Bertz CT molecular complexity index is 1990. The van der Waals surface area contributed by atoms with Gasteiger partial charge in [-0.15, -0.1) is 0 Å². The Morgan fingerprint density at radius 3 is 2.61 bits per heavy atom. The van der Waals surface area contributed by atoms with E-state index < -0.39 is 12.0 Å². The number of aliphatic hydroxyl groups is 1. The number of imidazole rings is 1. The Kier molecular flexibility index (Phi) is 6.10. The van der Waals surface area contributed by atoms with Gasteiger partial charge in [0.25, 0.3) is 0 Å². The normalized spacial score (nSPS) is 12.1. The number of hydrogen-bond acceptors (Lipinski definition) is 8. The lowest BCUT2D eigenvalue weighted by atomic mass is 10.1. The molecule has 6 aromatic heterocycles. The highest BCUT2D eigenvalue weighted by molar-refractivity contribution is 5.96. The van der Waals surface area contributed by atoms with E-state index in [0.717, 1.165) is 16.6 Å². The highest BCUT2D eigenvalue weighted by Crippen LogP contribution is 2.34. The number of anilines is 1. The number of halogens is 1. The van der Waals surface area contributed by atoms with E-state index >= 15 is 4.39 Å². The van der Waals surface area contributed by atoms with E-state index in [4.69, 9.17) is 4.98 Å². The number of nitrogens with zero attached hydrogens (tertiary/aromatic N) is 6. The molecule has 1 aromatic carbocycles. The number of nitrogens with one attached hydrogen (secondary N) is 3. The van der Waals surface area contributed by atoms with Gasteiger partial charge < -0.3 is 15.4 Å². The van der Waals surface area contributed by atoms with Crippen molar-refractivity contribution >= 4 is 27.8 Å². The standard InChI is InChI=1S/C30H22FN9O/c31-25-21(19-13-20(15-33-14-19)36-23(41)12-17-4-2-1-3-5-17)16-35-29-24(25)28(39-40-29)30-37-22-8-11-34-26(27(22)38-30)18-6-9-32-10-7-18/h1-11,13-16,23,36,41H,12H2,(H,37,38)(H,35,39,40). The van der Waals surface area contributed by atoms with Crippen LogP contribution in [0.25, 0.3) is 56.0 Å². The molecular formula is C30H22FN9O. The number of aromatic amines is 2. The van der Waals surface area contributed by atoms with Gasteiger partial charge in [-0.05, 0) is 29.8 Å². The minimum Gasteiger partial charge on any atom is -0.373 e. The van der Waals surface area contributed by atoms with Crippen LogP contribution in [0.15, 0.2) is 91.8 Å². The van der Waals surface area contributed by atoms with Gasteiger partial charge in [-0.1, -0.05) is 30.3 Å². The molecule has 0 radical (unpaired) electrons. The first-order chi connectivity index (χ1) is 20.1. The summed E-state index contributed by atoms with van der Waals surface area (Å²) in [4.78, 5) is 25.2. The summed E-state index contributed by atoms with van der Waals surface area (Å²) in [7, 11) is 0. The van der Waals surface area contributed by atoms with Gasteiger partial charge in [0.05, 0.1) is 28.5 Å². The van der Waals surface area contributed by atoms with Crippen molar-refractivity contribution in [2.45, 2.75) is 12.6 Å². The van der Waals surface area contributed by atoms with E-state index in [-0.39, 0.29) is 16.6 Å². The lowest BCUT2D eigenvalue weighted by Gasteiger charge is -2.15. The molecule has 0 saturated heterocycles. The van der Waals surface area contributed by atoms with E-state index in [2.05, 4.69) is 40.4 Å². The van der Waals surface area contributed by atoms with E-state index in [1.54, 1.807) is 37.1 Å². The number of hydrogen-bond donors (Lipinski definition) is 4. The third-order valence-corrected chi connectivity index (χ3v) is 6.77. The first-order valence-corrected chi connectivity index (χ1v) is 12.9. The van der Waals surface area contributed by atoms with Crippen LogP contribution in [0.3, 0.4) is 0 Å². The molecule has 0 saturated carbocycles. The SMILES string of the molecule is OC(Cc1ccccc1)Nc1cncc(-c2cnc3n[nH]c(-c4nc5c(-c6ccncc6)nccc5[nH]4)c3c2F)c1. The number of benzene rings is 1. The molecule has 1 unspecified atom stereocenters. The molecule has 7 aromatic rings. The van der Waals surface area contributed by atoms with Crippen molar-refractivity contribution in [2.75, 3.05) is 5.32 Å². The van der Waals surface area contributed by atoms with Crippen LogP contribution in [0.4, 0.5) is 10.1 Å². The van der Waals surface area contributed by atoms with Crippen LogP contribution < -0.4 is 5.32 Å². The van der Waals surface area contributed by atoms with Crippen molar-refractivity contribution in [2.24, 2.45) is 0 Å². The Balaban J connectivity index is 1.24. The van der Waals surface area contributed by atoms with Gasteiger partial charge in [-0.25, -0.2) is 14.4 Å². The maximum Gasteiger partial charge on any atom is 0.184 e. The maximum absolute atomic E-state index is 16.2. The highest BCUT2D eigenvalue weighted by Gasteiger charge is 2.21. The molecule has 0 aliphatic rings. The number of H-pyrrole nitrogens is 2. The van der Waals surface area contributed by atoms with Crippen LogP contribution in [-0.2, 0) is 6.42 Å². The molecule has 41 heavy (non-hydrogen) atoms. The molecule has 0 fully saturated rings. The lowest BCUT2D eigenvalue weighted by molar-refractivity contribution is 0.204. The molecule has 200 valence electrons. The Morgan fingerprint density at radius 1 is 0.902 bits per heavy atom. The van der Waals surface area contributed by atoms with Gasteiger partial charge in [0, 0.05) is 54.1 Å². The Morgan fingerprint density at radius 2 is 1.76 bits per heavy atom. The van der Waals surface area contributed by atoms with Gasteiger partial charge in [-0.3, -0.25) is 20.1 Å². The van der Waals surface area contributed by atoms with Crippen molar-refractivity contribution in [3.05, 3.63) is 103 Å². The van der Waals surface area contributed by atoms with Crippen molar-refractivity contribution in [3.8, 4) is 33.9 Å². The van der Waals surface area contributed by atoms with E-state index in [1.807, 2.05) is 48.5 Å². The average molecular weight is 544 g/mol. The van der Waals surface area contributed by atoms with E-state index in [0.29, 0.717) is 40.4 Å². The van der Waals surface area contributed by atoms with Gasteiger partial charge in [0.2, 0.25) is 0 Å². The summed E-state index contributed by atoms with van der Waals surface area (Å²) >= 11 is 0. The van der Waals surface area contributed by atoms with E-state index in [1.165, 1.54) is 6.20 Å². The lowest BCUT2D eigenvalue weighted by Crippen LogP contribution is -2.21. The number of fused-ring (bicyclic) bond motifs is 2. The number of rotatable bonds is 7. The predicted molar refractivity (Wildman–Crippen MR) is 153 cm³/mol. The summed E-state index contributed by atoms with van der Waals surface area (Å²) in [5.74, 6) is -0.114.